The van der Waals surface area contributed by atoms with Crippen LogP contribution in [0.4, 0.5) is 0 Å². The smallest absolute Gasteiger partial charge is 0.160 e. The highest BCUT2D eigenvalue weighted by atomic mass is 32.2. The van der Waals surface area contributed by atoms with Crippen LogP contribution in [-0.2, 0) is 0 Å². The van der Waals surface area contributed by atoms with Crippen molar-refractivity contribution < 1.29 is 0 Å². The summed E-state index contributed by atoms with van der Waals surface area (Å²) in [6, 6.07) is 0. The largest absolute Gasteiger partial charge is 0.300 e. The number of hydrogen-bond donors (Lipinski definition) is 2. The Bertz CT molecular complexity index is 63.2. The molecule has 0 unspecified atom stereocenters. The molecular weight excluding hydrogens is 136 g/mol. The lowest BCUT2D eigenvalue weighted by Crippen LogP contribution is -1.98. The zero-order chi connectivity index (χ0) is 4.41. The third kappa shape index (κ3) is 1.01. The summed E-state index contributed by atoms with van der Waals surface area (Å²) in [7, 11) is 0. The molecule has 0 bridgehead atoms. The minimum absolute atomic E-state index is 0.806. The first-order chi connectivity index (χ1) is 2.89. The van der Waals surface area contributed by atoms with Crippen molar-refractivity contribution in [2.75, 3.05) is 0 Å². The van der Waals surface area contributed by atoms with Crippen LogP contribution in [0, 0.1) is 0 Å². The van der Waals surface area contributed by atoms with Crippen LogP contribution in [0.25, 0.3) is 0 Å². The molecule has 0 amide bonds. The molecule has 2 nitrogen and oxygen atoms in total. The molecule has 1 heterocycles. The summed E-state index contributed by atoms with van der Waals surface area (Å²) in [5.41, 5.74) is 0. The van der Waals surface area contributed by atoms with E-state index in [9.17, 15) is 0 Å². The molecule has 0 radical (unpaired) electrons. The number of nitrogens with one attached hydrogen (secondary N) is 2. The van der Waals surface area contributed by atoms with Crippen LogP contribution >= 0.6 is 36.3 Å². The predicted octanol–water partition coefficient (Wildman–Crippen LogP) is 0.675. The van der Waals surface area contributed by atoms with E-state index in [2.05, 4.69) is 21.1 Å². The molecule has 1 saturated heterocycles. The maximum atomic E-state index is 4.69. The molecule has 0 spiro atoms. The highest BCUT2D eigenvalue weighted by molar-refractivity contribution is 8.31. The monoisotopic (exact) mass is 138 g/mol. The van der Waals surface area contributed by atoms with E-state index in [1.165, 1.54) is 24.1 Å². The fraction of sp³-hybridized carbons (Fsp3) is 0. The normalized spacial score (nSPS) is 21.0. The van der Waals surface area contributed by atoms with E-state index in [0.29, 0.717) is 0 Å². The van der Waals surface area contributed by atoms with Gasteiger partial charge < -0.3 is 4.72 Å². The molecule has 1 aliphatic rings. The van der Waals surface area contributed by atoms with E-state index >= 15 is 0 Å². The van der Waals surface area contributed by atoms with Gasteiger partial charge in [0.05, 0.1) is 0 Å². The van der Waals surface area contributed by atoms with E-state index in [4.69, 9.17) is 0 Å². The fourth-order valence-corrected chi connectivity index (χ4v) is 1.58. The van der Waals surface area contributed by atoms with Gasteiger partial charge in [0.15, 0.2) is 4.32 Å². The van der Waals surface area contributed by atoms with Crippen molar-refractivity contribution in [3.63, 3.8) is 0 Å². The molecule has 6 heavy (non-hydrogen) atoms. The molecule has 0 aromatic rings. The van der Waals surface area contributed by atoms with Crippen molar-refractivity contribution in [2.45, 2.75) is 0 Å². The van der Waals surface area contributed by atoms with E-state index in [1.807, 2.05) is 0 Å². The average molecular weight is 138 g/mol. The molecule has 34 valence electrons. The van der Waals surface area contributed by atoms with Gasteiger partial charge in [-0.3, -0.25) is 0 Å². The van der Waals surface area contributed by atoms with Crippen LogP contribution in [0.1, 0.15) is 0 Å². The van der Waals surface area contributed by atoms with Gasteiger partial charge >= 0.3 is 0 Å². The first kappa shape index (κ1) is 4.70. The van der Waals surface area contributed by atoms with Crippen molar-refractivity contribution in [3.05, 3.63) is 0 Å². The van der Waals surface area contributed by atoms with Crippen LogP contribution in [0.15, 0.2) is 0 Å². The van der Waals surface area contributed by atoms with Gasteiger partial charge in [-0.05, 0) is 11.9 Å². The summed E-state index contributed by atoms with van der Waals surface area (Å²) in [6.45, 7) is 0. The van der Waals surface area contributed by atoms with Crippen molar-refractivity contribution in [3.8, 4) is 0 Å². The Balaban J connectivity index is 2.37. The van der Waals surface area contributed by atoms with Gasteiger partial charge in [0.2, 0.25) is 0 Å². The summed E-state index contributed by atoms with van der Waals surface area (Å²) in [4.78, 5) is 0. The average Bonchev–Trinajstić information content (AvgIpc) is 1.86. The third-order valence-corrected chi connectivity index (χ3v) is 2.18. The zero-order valence-electron chi connectivity index (χ0n) is 2.72. The lowest BCUT2D eigenvalue weighted by atomic mass is 11.5. The Morgan fingerprint density at radius 1 is 1.67 bits per heavy atom. The second-order valence-electron chi connectivity index (χ2n) is 0.677. The SMILES string of the molecule is S=C1NSNS1. The molecule has 5 heteroatoms. The summed E-state index contributed by atoms with van der Waals surface area (Å²) in [5, 5.41) is 0. The molecule has 2 N–H and O–H groups in total. The summed E-state index contributed by atoms with van der Waals surface area (Å²) in [5.74, 6) is 0. The van der Waals surface area contributed by atoms with Crippen molar-refractivity contribution in [1.82, 2.24) is 8.85 Å². The van der Waals surface area contributed by atoms with Crippen molar-refractivity contribution in [1.29, 1.82) is 0 Å². The van der Waals surface area contributed by atoms with Gasteiger partial charge in [-0.1, -0.05) is 12.2 Å². The van der Waals surface area contributed by atoms with Crippen LogP contribution in [0.3, 0.4) is 0 Å². The van der Waals surface area contributed by atoms with E-state index in [1.54, 1.807) is 0 Å². The molecule has 1 rings (SSSR count). The first-order valence-electron chi connectivity index (χ1n) is 1.27. The number of rotatable bonds is 0. The van der Waals surface area contributed by atoms with Crippen LogP contribution in [0.5, 0.6) is 0 Å². The van der Waals surface area contributed by atoms with Crippen LogP contribution in [-0.4, -0.2) is 4.32 Å². The Hall–Kier alpha value is 0.550. The van der Waals surface area contributed by atoms with E-state index in [0.717, 1.165) is 4.32 Å². The first-order valence-corrected chi connectivity index (χ1v) is 3.31. The van der Waals surface area contributed by atoms with Crippen LogP contribution in [0.2, 0.25) is 0 Å². The molecule has 0 aromatic carbocycles. The summed E-state index contributed by atoms with van der Waals surface area (Å²) in [6.07, 6.45) is 0. The minimum atomic E-state index is 0.806. The lowest BCUT2D eigenvalue weighted by molar-refractivity contribution is 1.62. The third-order valence-electron chi connectivity index (χ3n) is 0.310. The molecule has 0 aliphatic carbocycles. The summed E-state index contributed by atoms with van der Waals surface area (Å²) < 4.78 is 6.48. The van der Waals surface area contributed by atoms with Gasteiger partial charge in [0, 0.05) is 12.1 Å². The number of thiocarbonyl (C=S) groups is 1. The Morgan fingerprint density at radius 3 is 2.67 bits per heavy atom. The van der Waals surface area contributed by atoms with Crippen molar-refractivity contribution >= 4 is 40.6 Å². The van der Waals surface area contributed by atoms with Crippen molar-refractivity contribution in [2.24, 2.45) is 0 Å². The Morgan fingerprint density at radius 2 is 2.50 bits per heavy atom. The maximum absolute atomic E-state index is 4.69. The second-order valence-corrected chi connectivity index (χ2v) is 3.03. The molecule has 1 fully saturated rings. The van der Waals surface area contributed by atoms with Gasteiger partial charge in [-0.2, -0.15) is 4.13 Å². The topological polar surface area (TPSA) is 24.1 Å². The standard InChI is InChI=1S/CH2N2S3/c4-1-2-6-3-5-1/h3H,(H,2,4). The van der Waals surface area contributed by atoms with Crippen LogP contribution < -0.4 is 8.85 Å². The fourth-order valence-electron chi connectivity index (χ4n) is 0.142. The van der Waals surface area contributed by atoms with Gasteiger partial charge in [-0.25, -0.2) is 0 Å². The Kier molecular flexibility index (Phi) is 1.58. The molecular formula is CH2N2S3. The maximum Gasteiger partial charge on any atom is 0.160 e. The van der Waals surface area contributed by atoms with E-state index in [-0.39, 0.29) is 0 Å². The summed E-state index contributed by atoms with van der Waals surface area (Å²) >= 11 is 7.52. The van der Waals surface area contributed by atoms with Gasteiger partial charge in [0.1, 0.15) is 0 Å². The highest BCUT2D eigenvalue weighted by Gasteiger charge is 2.02. The molecule has 0 saturated carbocycles. The molecule has 1 aliphatic heterocycles. The lowest BCUT2D eigenvalue weighted by Gasteiger charge is -1.78. The van der Waals surface area contributed by atoms with Gasteiger partial charge in [-0.15, -0.1) is 0 Å². The number of hydrogen-bond acceptors (Lipinski definition) is 4. The molecule has 0 atom stereocenters. The minimum Gasteiger partial charge on any atom is -0.300 e. The van der Waals surface area contributed by atoms with Gasteiger partial charge in [0.25, 0.3) is 0 Å². The van der Waals surface area contributed by atoms with E-state index < -0.39 is 0 Å². The highest BCUT2D eigenvalue weighted by Crippen LogP contribution is 2.10. The second kappa shape index (κ2) is 2.02. The zero-order valence-corrected chi connectivity index (χ0v) is 5.17. The predicted molar refractivity (Wildman–Crippen MR) is 34.1 cm³/mol. The Labute approximate surface area is 49.8 Å². The molecule has 0 aromatic heterocycles. The quantitative estimate of drug-likeness (QED) is 0.379.